The summed E-state index contributed by atoms with van der Waals surface area (Å²) in [7, 11) is 0. The number of aliphatic hydroxyl groups is 4. The van der Waals surface area contributed by atoms with E-state index in [-0.39, 0.29) is 22.6 Å². The van der Waals surface area contributed by atoms with Crippen molar-refractivity contribution in [2.24, 2.45) is 0 Å². The summed E-state index contributed by atoms with van der Waals surface area (Å²) < 4.78 is 16.7. The molecular formula is C21H22O12. The monoisotopic (exact) mass is 466 g/mol. The van der Waals surface area contributed by atoms with Crippen LogP contribution in [0.15, 0.2) is 30.3 Å². The van der Waals surface area contributed by atoms with Crippen LogP contribution >= 0.6 is 0 Å². The number of phenolic OH excluding ortho intramolecular Hbond substituents is 4. The Morgan fingerprint density at radius 3 is 2.27 bits per heavy atom. The van der Waals surface area contributed by atoms with Crippen LogP contribution in [-0.2, 0) is 9.47 Å². The van der Waals surface area contributed by atoms with Crippen molar-refractivity contribution in [2.45, 2.75) is 42.9 Å². The lowest BCUT2D eigenvalue weighted by Gasteiger charge is -2.42. The number of hydrogen-bond acceptors (Lipinski definition) is 12. The number of fused-ring (bicyclic) bond motifs is 1. The molecule has 2 aliphatic rings. The van der Waals surface area contributed by atoms with Crippen LogP contribution in [0.4, 0.5) is 0 Å². The van der Waals surface area contributed by atoms with Crippen LogP contribution < -0.4 is 4.74 Å². The Bertz CT molecular complexity index is 1050. The summed E-state index contributed by atoms with van der Waals surface area (Å²) >= 11 is 0. The van der Waals surface area contributed by atoms with Gasteiger partial charge in [0.05, 0.1) is 6.61 Å². The molecule has 0 saturated carbocycles. The van der Waals surface area contributed by atoms with Crippen LogP contribution in [0.25, 0.3) is 0 Å². The van der Waals surface area contributed by atoms with E-state index in [1.807, 2.05) is 0 Å². The van der Waals surface area contributed by atoms with E-state index in [1.54, 1.807) is 0 Å². The lowest BCUT2D eigenvalue weighted by atomic mass is 9.92. The molecule has 4 rings (SSSR count). The van der Waals surface area contributed by atoms with Gasteiger partial charge in [0, 0.05) is 12.1 Å². The Kier molecular flexibility index (Phi) is 6.05. The maximum Gasteiger partial charge on any atom is 0.203 e. The van der Waals surface area contributed by atoms with E-state index >= 15 is 0 Å². The number of hydrogen-bond donors (Lipinski definition) is 8. The summed E-state index contributed by atoms with van der Waals surface area (Å²) in [5, 5.41) is 79.2. The molecule has 0 aromatic heterocycles. The number of Topliss-reactive ketones (excluding diaryl/α,β-unsaturated/α-hetero) is 1. The first kappa shape index (κ1) is 23.0. The number of aromatic hydroxyl groups is 4. The van der Waals surface area contributed by atoms with Crippen molar-refractivity contribution < 1.29 is 59.9 Å². The molecule has 0 bridgehead atoms. The van der Waals surface area contributed by atoms with Gasteiger partial charge < -0.3 is 55.1 Å². The van der Waals surface area contributed by atoms with Gasteiger partial charge in [-0.05, 0) is 17.7 Å². The minimum Gasteiger partial charge on any atom is -0.508 e. The molecule has 2 aromatic rings. The highest BCUT2D eigenvalue weighted by molar-refractivity contribution is 6.05. The molecule has 0 unspecified atom stereocenters. The van der Waals surface area contributed by atoms with Crippen molar-refractivity contribution in [1.82, 2.24) is 0 Å². The minimum absolute atomic E-state index is 0.140. The second-order valence-electron chi connectivity index (χ2n) is 7.74. The van der Waals surface area contributed by atoms with Crippen LogP contribution in [0.5, 0.6) is 28.7 Å². The summed E-state index contributed by atoms with van der Waals surface area (Å²) in [6.45, 7) is -0.724. The number of phenols is 4. The number of carbonyl (C=O) groups is 1. The third-order valence-corrected chi connectivity index (χ3v) is 5.56. The highest BCUT2D eigenvalue weighted by atomic mass is 16.7. The van der Waals surface area contributed by atoms with Crippen LogP contribution in [-0.4, -0.2) is 90.1 Å². The van der Waals surface area contributed by atoms with Gasteiger partial charge in [-0.25, -0.2) is 0 Å². The van der Waals surface area contributed by atoms with E-state index in [0.717, 1.165) is 24.3 Å². The molecule has 178 valence electrons. The molecule has 2 aromatic carbocycles. The fraction of sp³-hybridized carbons (Fsp3) is 0.381. The highest BCUT2D eigenvalue weighted by Gasteiger charge is 2.49. The van der Waals surface area contributed by atoms with Crippen LogP contribution in [0.1, 0.15) is 22.0 Å². The average molecular weight is 466 g/mol. The summed E-state index contributed by atoms with van der Waals surface area (Å²) in [6.07, 6.45) is -11.2. The second-order valence-corrected chi connectivity index (χ2v) is 7.74. The van der Waals surface area contributed by atoms with E-state index in [2.05, 4.69) is 0 Å². The number of benzene rings is 2. The SMILES string of the molecule is O=C1c2c(O)cc(O)cc2O[C@H](c2ccc(O)c(O)c2)[C@H]1O[C@H]1O[C@@H](CO)[C@H](O)[C@@H](O)[C@@H]1O. The van der Waals surface area contributed by atoms with E-state index in [4.69, 9.17) is 14.2 Å². The van der Waals surface area contributed by atoms with E-state index < -0.39 is 72.6 Å². The molecule has 8 N–H and O–H groups in total. The van der Waals surface area contributed by atoms with Crippen molar-refractivity contribution in [3.8, 4) is 28.7 Å². The topological polar surface area (TPSA) is 207 Å². The lowest BCUT2D eigenvalue weighted by molar-refractivity contribution is -0.311. The maximum absolute atomic E-state index is 13.3. The number of ketones is 1. The smallest absolute Gasteiger partial charge is 0.203 e. The molecule has 0 spiro atoms. The van der Waals surface area contributed by atoms with Crippen molar-refractivity contribution >= 4 is 5.78 Å². The zero-order chi connectivity index (χ0) is 24.0. The van der Waals surface area contributed by atoms with E-state index in [9.17, 15) is 45.6 Å². The van der Waals surface area contributed by atoms with Gasteiger partial charge in [-0.15, -0.1) is 0 Å². The van der Waals surface area contributed by atoms with Gasteiger partial charge in [-0.2, -0.15) is 0 Å². The predicted octanol–water partition coefficient (Wildman–Crippen LogP) is -0.990. The largest absolute Gasteiger partial charge is 0.508 e. The first-order chi connectivity index (χ1) is 15.6. The van der Waals surface area contributed by atoms with Crippen molar-refractivity contribution in [2.75, 3.05) is 6.61 Å². The highest BCUT2D eigenvalue weighted by Crippen LogP contribution is 2.44. The summed E-state index contributed by atoms with van der Waals surface area (Å²) in [5.74, 6) is -3.00. The number of ether oxygens (including phenoxy) is 3. The summed E-state index contributed by atoms with van der Waals surface area (Å²) in [4.78, 5) is 13.3. The quantitative estimate of drug-likeness (QED) is 0.256. The Hall–Kier alpha value is -3.13. The van der Waals surface area contributed by atoms with Crippen molar-refractivity contribution in [1.29, 1.82) is 0 Å². The van der Waals surface area contributed by atoms with Gasteiger partial charge in [0.25, 0.3) is 0 Å². The molecule has 33 heavy (non-hydrogen) atoms. The van der Waals surface area contributed by atoms with Crippen LogP contribution in [0.2, 0.25) is 0 Å². The fourth-order valence-corrected chi connectivity index (χ4v) is 3.82. The first-order valence-corrected chi connectivity index (χ1v) is 9.87. The van der Waals surface area contributed by atoms with Crippen molar-refractivity contribution in [3.05, 3.63) is 41.5 Å². The molecule has 12 heteroatoms. The van der Waals surface area contributed by atoms with Gasteiger partial charge >= 0.3 is 0 Å². The Morgan fingerprint density at radius 2 is 1.61 bits per heavy atom. The molecule has 2 aliphatic heterocycles. The van der Waals surface area contributed by atoms with Crippen molar-refractivity contribution in [3.63, 3.8) is 0 Å². The molecule has 0 amide bonds. The predicted molar refractivity (Wildman–Crippen MR) is 106 cm³/mol. The van der Waals surface area contributed by atoms with Gasteiger partial charge in [-0.1, -0.05) is 6.07 Å². The third kappa shape index (κ3) is 4.04. The molecule has 7 atom stereocenters. The van der Waals surface area contributed by atoms with Gasteiger partial charge in [-0.3, -0.25) is 4.79 Å². The standard InChI is InChI=1S/C21H22O12/c22-6-13-15(27)17(29)18(30)21(32-13)33-20-16(28)14-11(26)4-8(23)5-12(14)31-19(20)7-1-2-9(24)10(25)3-7/h1-5,13,15,17-27,29-30H,6H2/t13-,15-,17+,18-,19+,20-,21+/m0/s1. The number of aliphatic hydroxyl groups excluding tert-OH is 4. The normalized spacial score (nSPS) is 31.6. The van der Waals surface area contributed by atoms with Crippen LogP contribution in [0.3, 0.4) is 0 Å². The average Bonchev–Trinajstić information content (AvgIpc) is 2.76. The zero-order valence-corrected chi connectivity index (χ0v) is 16.8. The lowest BCUT2D eigenvalue weighted by Crippen LogP contribution is -2.60. The number of rotatable bonds is 4. The maximum atomic E-state index is 13.3. The molecular weight excluding hydrogens is 444 g/mol. The number of carbonyl (C=O) groups excluding carboxylic acids is 1. The molecule has 1 saturated heterocycles. The Morgan fingerprint density at radius 1 is 0.879 bits per heavy atom. The minimum atomic E-state index is -1.82. The third-order valence-electron chi connectivity index (χ3n) is 5.56. The molecule has 2 heterocycles. The van der Waals surface area contributed by atoms with Crippen LogP contribution in [0, 0.1) is 0 Å². The molecule has 1 fully saturated rings. The Labute approximate surface area is 186 Å². The molecule has 0 aliphatic carbocycles. The van der Waals surface area contributed by atoms with Gasteiger partial charge in [0.15, 0.2) is 30.0 Å². The molecule has 12 nitrogen and oxygen atoms in total. The van der Waals surface area contributed by atoms with Gasteiger partial charge in [0.2, 0.25) is 5.78 Å². The summed E-state index contributed by atoms with van der Waals surface area (Å²) in [6, 6.07) is 5.57. The first-order valence-electron chi connectivity index (χ1n) is 9.87. The summed E-state index contributed by atoms with van der Waals surface area (Å²) in [5.41, 5.74) is -0.191. The second kappa shape index (κ2) is 8.67. The Balaban J connectivity index is 1.75. The van der Waals surface area contributed by atoms with E-state index in [1.165, 1.54) is 6.07 Å². The zero-order valence-electron chi connectivity index (χ0n) is 16.8. The molecule has 0 radical (unpaired) electrons. The fourth-order valence-electron chi connectivity index (χ4n) is 3.82. The van der Waals surface area contributed by atoms with E-state index in [0.29, 0.717) is 0 Å². The van der Waals surface area contributed by atoms with Gasteiger partial charge in [0.1, 0.15) is 47.2 Å².